The van der Waals surface area contributed by atoms with Crippen LogP contribution in [0, 0.1) is 19.7 Å². The lowest BCUT2D eigenvalue weighted by Gasteiger charge is -2.17. The monoisotopic (exact) mass is 254 g/mol. The van der Waals surface area contributed by atoms with Crippen molar-refractivity contribution >= 4 is 11.6 Å². The molecule has 16 heavy (non-hydrogen) atoms. The second-order valence-electron chi connectivity index (χ2n) is 3.74. The largest absolute Gasteiger partial charge is 0.390 e. The van der Waals surface area contributed by atoms with Gasteiger partial charge < -0.3 is 0 Å². The van der Waals surface area contributed by atoms with Crippen molar-refractivity contribution in [2.45, 2.75) is 31.8 Å². The van der Waals surface area contributed by atoms with Crippen LogP contribution in [0.1, 0.15) is 28.5 Å². The van der Waals surface area contributed by atoms with E-state index in [4.69, 9.17) is 11.6 Å². The summed E-state index contributed by atoms with van der Waals surface area (Å²) in [5, 5.41) is -1.17. The van der Waals surface area contributed by atoms with E-state index >= 15 is 0 Å². The minimum atomic E-state index is -4.32. The Balaban J connectivity index is 3.04. The summed E-state index contributed by atoms with van der Waals surface area (Å²) in [5.74, 6) is -0.463. The van der Waals surface area contributed by atoms with Crippen molar-refractivity contribution in [3.8, 4) is 0 Å². The Morgan fingerprint density at radius 3 is 2.00 bits per heavy atom. The lowest BCUT2D eigenvalue weighted by Crippen LogP contribution is -2.12. The standard InChI is InChI=1S/C11H11ClF4/c1-6-3-8(13)4-7(2)10(6)9(12)5-11(14,15)16/h3-4,9H,5H2,1-2H3. The second kappa shape index (κ2) is 4.62. The average Bonchev–Trinajstić information content (AvgIpc) is 1.96. The summed E-state index contributed by atoms with van der Waals surface area (Å²) < 4.78 is 49.5. The van der Waals surface area contributed by atoms with E-state index in [1.54, 1.807) is 13.8 Å². The minimum absolute atomic E-state index is 0.361. The molecule has 0 heterocycles. The number of hydrogen-bond acceptors (Lipinski definition) is 0. The Labute approximate surface area is 96.2 Å². The van der Waals surface area contributed by atoms with Crippen LogP contribution >= 0.6 is 11.6 Å². The van der Waals surface area contributed by atoms with Crippen molar-refractivity contribution in [1.29, 1.82) is 0 Å². The summed E-state index contributed by atoms with van der Waals surface area (Å²) in [6, 6.07) is 2.38. The van der Waals surface area contributed by atoms with Gasteiger partial charge in [0.05, 0.1) is 11.8 Å². The molecule has 0 N–H and O–H groups in total. The van der Waals surface area contributed by atoms with Gasteiger partial charge in [0.2, 0.25) is 0 Å². The minimum Gasteiger partial charge on any atom is -0.207 e. The van der Waals surface area contributed by atoms with E-state index in [-0.39, 0.29) is 0 Å². The zero-order chi connectivity index (χ0) is 12.5. The van der Waals surface area contributed by atoms with Gasteiger partial charge in [-0.25, -0.2) is 4.39 Å². The van der Waals surface area contributed by atoms with E-state index in [0.717, 1.165) is 0 Å². The molecule has 1 aromatic carbocycles. The lowest BCUT2D eigenvalue weighted by atomic mass is 9.98. The van der Waals surface area contributed by atoms with Crippen LogP contribution in [0.15, 0.2) is 12.1 Å². The van der Waals surface area contributed by atoms with Gasteiger partial charge in [0.15, 0.2) is 0 Å². The third-order valence-electron chi connectivity index (χ3n) is 2.28. The van der Waals surface area contributed by atoms with Crippen molar-refractivity contribution < 1.29 is 17.6 Å². The van der Waals surface area contributed by atoms with Gasteiger partial charge >= 0.3 is 6.18 Å². The van der Waals surface area contributed by atoms with Crippen molar-refractivity contribution in [2.24, 2.45) is 0 Å². The molecule has 0 spiro atoms. The highest BCUT2D eigenvalue weighted by molar-refractivity contribution is 6.21. The van der Waals surface area contributed by atoms with Crippen molar-refractivity contribution in [2.75, 3.05) is 0 Å². The van der Waals surface area contributed by atoms with Gasteiger partial charge in [-0.3, -0.25) is 0 Å². The Hall–Kier alpha value is -0.770. The molecule has 0 saturated heterocycles. The predicted octanol–water partition coefficient (Wildman–Crippen LogP) is 4.67. The first-order valence-corrected chi connectivity index (χ1v) is 5.12. The Morgan fingerprint density at radius 1 is 1.19 bits per heavy atom. The molecule has 0 saturated carbocycles. The lowest BCUT2D eigenvalue weighted by molar-refractivity contribution is -0.134. The van der Waals surface area contributed by atoms with Gasteiger partial charge in [-0.1, -0.05) is 0 Å². The Bertz CT molecular complexity index is 361. The number of aryl methyl sites for hydroxylation is 2. The molecule has 0 aromatic heterocycles. The fraction of sp³-hybridized carbons (Fsp3) is 0.455. The molecule has 1 aromatic rings. The number of halogens is 5. The Kier molecular flexibility index (Phi) is 3.84. The molecular weight excluding hydrogens is 244 g/mol. The molecule has 0 aliphatic carbocycles. The smallest absolute Gasteiger partial charge is 0.207 e. The molecule has 0 radical (unpaired) electrons. The van der Waals surface area contributed by atoms with E-state index in [9.17, 15) is 17.6 Å². The maximum atomic E-state index is 12.9. The molecule has 90 valence electrons. The van der Waals surface area contributed by atoms with Crippen LogP contribution < -0.4 is 0 Å². The van der Waals surface area contributed by atoms with E-state index in [0.29, 0.717) is 16.7 Å². The fourth-order valence-corrected chi connectivity index (χ4v) is 2.24. The first-order valence-electron chi connectivity index (χ1n) is 4.68. The molecular formula is C11H11ClF4. The molecule has 5 heteroatoms. The summed E-state index contributed by atoms with van der Waals surface area (Å²) in [5.41, 5.74) is 1.25. The van der Waals surface area contributed by atoms with Gasteiger partial charge in [-0.2, -0.15) is 13.2 Å². The third kappa shape index (κ3) is 3.37. The van der Waals surface area contributed by atoms with Crippen LogP contribution in [0.5, 0.6) is 0 Å². The topological polar surface area (TPSA) is 0 Å². The number of hydrogen-bond donors (Lipinski definition) is 0. The van der Waals surface area contributed by atoms with Gasteiger partial charge in [-0.15, -0.1) is 11.6 Å². The molecule has 0 aliphatic rings. The first-order chi connectivity index (χ1) is 7.20. The number of alkyl halides is 4. The van der Waals surface area contributed by atoms with Crippen LogP contribution in [0.3, 0.4) is 0 Å². The van der Waals surface area contributed by atoms with Gasteiger partial charge in [-0.05, 0) is 42.7 Å². The van der Waals surface area contributed by atoms with E-state index in [2.05, 4.69) is 0 Å². The molecule has 1 rings (SSSR count). The normalized spacial score (nSPS) is 13.9. The molecule has 1 unspecified atom stereocenters. The van der Waals surface area contributed by atoms with Gasteiger partial charge in [0.1, 0.15) is 5.82 Å². The summed E-state index contributed by atoms with van der Waals surface area (Å²) in [4.78, 5) is 0. The summed E-state index contributed by atoms with van der Waals surface area (Å²) in [6.45, 7) is 3.11. The van der Waals surface area contributed by atoms with Gasteiger partial charge in [0, 0.05) is 0 Å². The molecule has 0 amide bonds. The van der Waals surface area contributed by atoms with E-state index in [1.165, 1.54) is 12.1 Å². The third-order valence-corrected chi connectivity index (χ3v) is 2.65. The fourth-order valence-electron chi connectivity index (χ4n) is 1.72. The average molecular weight is 255 g/mol. The molecule has 0 aliphatic heterocycles. The molecule has 0 nitrogen and oxygen atoms in total. The highest BCUT2D eigenvalue weighted by Crippen LogP contribution is 2.37. The molecule has 1 atom stereocenters. The maximum Gasteiger partial charge on any atom is 0.390 e. The second-order valence-corrected chi connectivity index (χ2v) is 4.27. The Morgan fingerprint density at radius 2 is 1.62 bits per heavy atom. The zero-order valence-electron chi connectivity index (χ0n) is 8.83. The quantitative estimate of drug-likeness (QED) is 0.531. The number of benzene rings is 1. The SMILES string of the molecule is Cc1cc(F)cc(C)c1C(Cl)CC(F)(F)F. The number of rotatable bonds is 2. The van der Waals surface area contributed by atoms with Crippen LogP contribution in [0.25, 0.3) is 0 Å². The van der Waals surface area contributed by atoms with Crippen molar-refractivity contribution in [3.63, 3.8) is 0 Å². The van der Waals surface area contributed by atoms with Gasteiger partial charge in [0.25, 0.3) is 0 Å². The van der Waals surface area contributed by atoms with E-state index in [1.807, 2.05) is 0 Å². The summed E-state index contributed by atoms with van der Waals surface area (Å²) >= 11 is 5.71. The van der Waals surface area contributed by atoms with Crippen molar-refractivity contribution in [1.82, 2.24) is 0 Å². The van der Waals surface area contributed by atoms with Crippen molar-refractivity contribution in [3.05, 3.63) is 34.6 Å². The maximum absolute atomic E-state index is 12.9. The zero-order valence-corrected chi connectivity index (χ0v) is 9.58. The highest BCUT2D eigenvalue weighted by atomic mass is 35.5. The molecule has 0 fully saturated rings. The van der Waals surface area contributed by atoms with Crippen LogP contribution in [0.4, 0.5) is 17.6 Å². The van der Waals surface area contributed by atoms with Crippen LogP contribution in [-0.2, 0) is 0 Å². The summed E-state index contributed by atoms with van der Waals surface area (Å²) in [7, 11) is 0. The summed E-state index contributed by atoms with van der Waals surface area (Å²) in [6.07, 6.45) is -5.43. The molecule has 0 bridgehead atoms. The highest BCUT2D eigenvalue weighted by Gasteiger charge is 2.32. The predicted molar refractivity (Wildman–Crippen MR) is 55.1 cm³/mol. The van der Waals surface area contributed by atoms with Crippen LogP contribution in [0.2, 0.25) is 0 Å². The van der Waals surface area contributed by atoms with Crippen LogP contribution in [-0.4, -0.2) is 6.18 Å². The van der Waals surface area contributed by atoms with E-state index < -0.39 is 23.8 Å². The first kappa shape index (κ1) is 13.3.